The number of ether oxygens (including phenoxy) is 1. The van der Waals surface area contributed by atoms with E-state index in [1.54, 1.807) is 24.0 Å². The quantitative estimate of drug-likeness (QED) is 0.866. The Morgan fingerprint density at radius 1 is 1.61 bits per heavy atom. The summed E-state index contributed by atoms with van der Waals surface area (Å²) in [4.78, 5) is 1.79. The fourth-order valence-corrected chi connectivity index (χ4v) is 1.99. The third kappa shape index (κ3) is 2.61. The average molecular weight is 250 g/mol. The molecule has 0 saturated carbocycles. The van der Waals surface area contributed by atoms with Crippen LogP contribution in [0.1, 0.15) is 18.6 Å². The minimum atomic E-state index is -0.690. The normalized spacial score (nSPS) is 21.4. The summed E-state index contributed by atoms with van der Waals surface area (Å²) in [6.07, 6.45) is -1.21. The van der Waals surface area contributed by atoms with E-state index < -0.39 is 12.2 Å². The molecule has 0 aromatic heterocycles. The highest BCUT2D eigenvalue weighted by atomic mass is 19.1. The summed E-state index contributed by atoms with van der Waals surface area (Å²) in [7, 11) is 0. The van der Waals surface area contributed by atoms with Gasteiger partial charge in [0.25, 0.3) is 0 Å². The SMILES string of the molecule is C[C@@H](O)c1ccc(N2CCOC(C#N)C2)c(F)c1. The number of nitriles is 1. The molecule has 5 heteroatoms. The number of benzene rings is 1. The number of nitrogens with zero attached hydrogens (tertiary/aromatic N) is 2. The maximum absolute atomic E-state index is 13.9. The Morgan fingerprint density at radius 3 is 3.00 bits per heavy atom. The minimum absolute atomic E-state index is 0.363. The molecule has 2 rings (SSSR count). The third-order valence-electron chi connectivity index (χ3n) is 3.01. The van der Waals surface area contributed by atoms with Gasteiger partial charge in [0.05, 0.1) is 31.0 Å². The van der Waals surface area contributed by atoms with Gasteiger partial charge in [-0.3, -0.25) is 0 Å². The van der Waals surface area contributed by atoms with Crippen molar-refractivity contribution in [3.8, 4) is 6.07 Å². The van der Waals surface area contributed by atoms with Crippen molar-refractivity contribution < 1.29 is 14.2 Å². The van der Waals surface area contributed by atoms with Crippen molar-refractivity contribution in [3.05, 3.63) is 29.6 Å². The number of anilines is 1. The zero-order chi connectivity index (χ0) is 13.1. The molecule has 2 atom stereocenters. The predicted molar refractivity (Wildman–Crippen MR) is 64.6 cm³/mol. The largest absolute Gasteiger partial charge is 0.389 e. The summed E-state index contributed by atoms with van der Waals surface area (Å²) in [6.45, 7) is 2.93. The Morgan fingerprint density at radius 2 is 2.39 bits per heavy atom. The monoisotopic (exact) mass is 250 g/mol. The smallest absolute Gasteiger partial charge is 0.161 e. The molecule has 1 aliphatic heterocycles. The van der Waals surface area contributed by atoms with E-state index >= 15 is 0 Å². The first-order valence-electron chi connectivity index (χ1n) is 5.85. The second kappa shape index (κ2) is 5.34. The van der Waals surface area contributed by atoms with E-state index in [2.05, 4.69) is 0 Å². The zero-order valence-corrected chi connectivity index (χ0v) is 10.1. The Balaban J connectivity index is 2.21. The molecule has 0 radical (unpaired) electrons. The molecule has 0 amide bonds. The number of aliphatic hydroxyl groups is 1. The Hall–Kier alpha value is -1.64. The second-order valence-electron chi connectivity index (χ2n) is 4.32. The molecule has 4 nitrogen and oxygen atoms in total. The second-order valence-corrected chi connectivity index (χ2v) is 4.32. The van der Waals surface area contributed by atoms with Crippen molar-refractivity contribution in [3.63, 3.8) is 0 Å². The number of morpholine rings is 1. The van der Waals surface area contributed by atoms with Crippen molar-refractivity contribution in [2.75, 3.05) is 24.6 Å². The molecule has 0 aliphatic carbocycles. The van der Waals surface area contributed by atoms with Crippen molar-refractivity contribution in [1.82, 2.24) is 0 Å². The lowest BCUT2D eigenvalue weighted by atomic mass is 10.1. The van der Waals surface area contributed by atoms with Crippen LogP contribution in [0, 0.1) is 17.1 Å². The minimum Gasteiger partial charge on any atom is -0.389 e. The van der Waals surface area contributed by atoms with Crippen LogP contribution in [0.15, 0.2) is 18.2 Å². The zero-order valence-electron chi connectivity index (χ0n) is 10.1. The first kappa shape index (κ1) is 12.8. The highest BCUT2D eigenvalue weighted by Gasteiger charge is 2.22. The number of aliphatic hydroxyl groups excluding tert-OH is 1. The van der Waals surface area contributed by atoms with Crippen LogP contribution in [-0.4, -0.2) is 30.9 Å². The maximum atomic E-state index is 13.9. The topological polar surface area (TPSA) is 56.5 Å². The van der Waals surface area contributed by atoms with Crippen LogP contribution in [0.3, 0.4) is 0 Å². The van der Waals surface area contributed by atoms with Crippen LogP contribution >= 0.6 is 0 Å². The van der Waals surface area contributed by atoms with E-state index in [9.17, 15) is 9.50 Å². The number of rotatable bonds is 2. The molecule has 1 saturated heterocycles. The van der Waals surface area contributed by atoms with Crippen LogP contribution in [0.4, 0.5) is 10.1 Å². The highest BCUT2D eigenvalue weighted by molar-refractivity contribution is 5.50. The van der Waals surface area contributed by atoms with Crippen LogP contribution < -0.4 is 4.90 Å². The molecule has 1 aromatic carbocycles. The molecule has 1 aliphatic rings. The van der Waals surface area contributed by atoms with Gasteiger partial charge >= 0.3 is 0 Å². The molecular weight excluding hydrogens is 235 g/mol. The fourth-order valence-electron chi connectivity index (χ4n) is 1.99. The van der Waals surface area contributed by atoms with Gasteiger partial charge < -0.3 is 14.7 Å². The Kier molecular flexibility index (Phi) is 3.80. The highest BCUT2D eigenvalue weighted by Crippen LogP contribution is 2.25. The maximum Gasteiger partial charge on any atom is 0.161 e. The molecule has 1 fully saturated rings. The van der Waals surface area contributed by atoms with E-state index in [-0.39, 0.29) is 5.82 Å². The average Bonchev–Trinajstić information content (AvgIpc) is 2.38. The van der Waals surface area contributed by atoms with Gasteiger partial charge in [-0.15, -0.1) is 0 Å². The number of halogens is 1. The molecule has 0 bridgehead atoms. The molecule has 18 heavy (non-hydrogen) atoms. The third-order valence-corrected chi connectivity index (χ3v) is 3.01. The summed E-state index contributed by atoms with van der Waals surface area (Å²) in [5, 5.41) is 18.2. The summed E-state index contributed by atoms with van der Waals surface area (Å²) >= 11 is 0. The lowest BCUT2D eigenvalue weighted by Crippen LogP contribution is -2.42. The summed E-state index contributed by atoms with van der Waals surface area (Å²) in [5.74, 6) is -0.382. The summed E-state index contributed by atoms with van der Waals surface area (Å²) < 4.78 is 19.2. The van der Waals surface area contributed by atoms with Gasteiger partial charge in [0.1, 0.15) is 5.82 Å². The van der Waals surface area contributed by atoms with E-state index in [0.717, 1.165) is 0 Å². The number of hydrogen-bond donors (Lipinski definition) is 1. The van der Waals surface area contributed by atoms with Crippen molar-refractivity contribution in [2.24, 2.45) is 0 Å². The number of hydrogen-bond acceptors (Lipinski definition) is 4. The predicted octanol–water partition coefficient (Wildman–Crippen LogP) is 1.61. The van der Waals surface area contributed by atoms with Gasteiger partial charge in [-0.1, -0.05) is 6.07 Å². The van der Waals surface area contributed by atoms with E-state index in [1.807, 2.05) is 6.07 Å². The van der Waals surface area contributed by atoms with E-state index in [4.69, 9.17) is 10.00 Å². The van der Waals surface area contributed by atoms with Crippen LogP contribution in [0.5, 0.6) is 0 Å². The first-order valence-corrected chi connectivity index (χ1v) is 5.85. The van der Waals surface area contributed by atoms with Crippen molar-refractivity contribution >= 4 is 5.69 Å². The van der Waals surface area contributed by atoms with Gasteiger partial charge in [-0.25, -0.2) is 4.39 Å². The Bertz CT molecular complexity index is 471. The van der Waals surface area contributed by atoms with Crippen LogP contribution in [0.25, 0.3) is 0 Å². The molecule has 1 unspecified atom stereocenters. The van der Waals surface area contributed by atoms with Gasteiger partial charge in [-0.05, 0) is 24.6 Å². The fraction of sp³-hybridized carbons (Fsp3) is 0.462. The van der Waals surface area contributed by atoms with Gasteiger partial charge in [-0.2, -0.15) is 5.26 Å². The lowest BCUT2D eigenvalue weighted by molar-refractivity contribution is 0.0762. The molecule has 1 heterocycles. The van der Waals surface area contributed by atoms with Crippen LogP contribution in [-0.2, 0) is 4.74 Å². The molecule has 0 spiro atoms. The van der Waals surface area contributed by atoms with Gasteiger partial charge in [0.2, 0.25) is 0 Å². The van der Waals surface area contributed by atoms with Gasteiger partial charge in [0.15, 0.2) is 6.10 Å². The van der Waals surface area contributed by atoms with Gasteiger partial charge in [0, 0.05) is 6.54 Å². The molecule has 1 N–H and O–H groups in total. The van der Waals surface area contributed by atoms with E-state index in [1.165, 1.54) is 6.07 Å². The van der Waals surface area contributed by atoms with Crippen molar-refractivity contribution in [2.45, 2.75) is 19.1 Å². The standard InChI is InChI=1S/C13H15FN2O2/c1-9(17)10-2-3-13(12(14)6-10)16-4-5-18-11(7-15)8-16/h2-3,6,9,11,17H,4-5,8H2,1H3/t9-,11?/m1/s1. The Labute approximate surface area is 105 Å². The van der Waals surface area contributed by atoms with Crippen molar-refractivity contribution in [1.29, 1.82) is 5.26 Å². The van der Waals surface area contributed by atoms with Crippen LogP contribution in [0.2, 0.25) is 0 Å². The summed E-state index contributed by atoms with van der Waals surface area (Å²) in [5.41, 5.74) is 0.990. The molecular formula is C13H15FN2O2. The van der Waals surface area contributed by atoms with E-state index in [0.29, 0.717) is 30.9 Å². The summed E-state index contributed by atoms with van der Waals surface area (Å²) in [6, 6.07) is 6.69. The molecule has 96 valence electrons. The first-order chi connectivity index (χ1) is 8.61. The molecule has 1 aromatic rings. The lowest BCUT2D eigenvalue weighted by Gasteiger charge is -2.32.